The van der Waals surface area contributed by atoms with Crippen molar-refractivity contribution in [3.05, 3.63) is 98.6 Å². The maximum Gasteiger partial charge on any atom is 0.338 e. The molecule has 0 bridgehead atoms. The first-order chi connectivity index (χ1) is 17.4. The Balaban J connectivity index is 1.49. The summed E-state index contributed by atoms with van der Waals surface area (Å²) in [6.07, 6.45) is 0.153. The highest BCUT2D eigenvalue weighted by Gasteiger charge is 2.17. The van der Waals surface area contributed by atoms with Crippen LogP contribution in [-0.2, 0) is 16.0 Å². The number of aromatic nitrogens is 5. The number of thioether (sulfide) groups is 1. The van der Waals surface area contributed by atoms with Gasteiger partial charge < -0.3 is 15.0 Å². The zero-order valence-corrected chi connectivity index (χ0v) is 20.0. The normalized spacial score (nSPS) is 10.7. The summed E-state index contributed by atoms with van der Waals surface area (Å²) in [5.74, 6) is -0.162. The largest absolute Gasteiger partial charge is 0.462 e. The van der Waals surface area contributed by atoms with Crippen molar-refractivity contribution in [3.63, 3.8) is 0 Å². The Morgan fingerprint density at radius 1 is 1.03 bits per heavy atom. The minimum absolute atomic E-state index is 0.0480. The molecule has 0 fully saturated rings. The molecule has 11 nitrogen and oxygen atoms in total. The monoisotopic (exact) mass is 506 g/mol. The van der Waals surface area contributed by atoms with Gasteiger partial charge in [-0.25, -0.2) is 9.59 Å². The van der Waals surface area contributed by atoms with E-state index in [0.29, 0.717) is 27.9 Å². The number of rotatable bonds is 9. The molecule has 0 aliphatic heterocycles. The summed E-state index contributed by atoms with van der Waals surface area (Å²) in [5.41, 5.74) is 0.966. The van der Waals surface area contributed by atoms with Gasteiger partial charge in [0.2, 0.25) is 5.91 Å². The van der Waals surface area contributed by atoms with Gasteiger partial charge in [-0.15, -0.1) is 10.2 Å². The molecule has 3 N–H and O–H groups in total. The number of ether oxygens (including phenoxy) is 1. The number of hydrogen-bond donors (Lipinski definition) is 3. The number of H-pyrrole nitrogens is 2. The van der Waals surface area contributed by atoms with Crippen LogP contribution in [0.25, 0.3) is 5.69 Å². The first-order valence-electron chi connectivity index (χ1n) is 10.9. The number of benzene rings is 2. The molecule has 0 aliphatic rings. The maximum absolute atomic E-state index is 12.6. The van der Waals surface area contributed by atoms with E-state index in [4.69, 9.17) is 4.74 Å². The van der Waals surface area contributed by atoms with Crippen molar-refractivity contribution in [3.8, 4) is 5.69 Å². The van der Waals surface area contributed by atoms with Crippen molar-refractivity contribution in [2.45, 2.75) is 18.5 Å². The van der Waals surface area contributed by atoms with Gasteiger partial charge >= 0.3 is 11.7 Å². The van der Waals surface area contributed by atoms with Crippen LogP contribution in [0.3, 0.4) is 0 Å². The summed E-state index contributed by atoms with van der Waals surface area (Å²) in [5, 5.41) is 11.7. The summed E-state index contributed by atoms with van der Waals surface area (Å²) in [4.78, 5) is 52.4. The summed E-state index contributed by atoms with van der Waals surface area (Å²) in [7, 11) is 0. The Morgan fingerprint density at radius 3 is 2.47 bits per heavy atom. The van der Waals surface area contributed by atoms with E-state index in [9.17, 15) is 19.2 Å². The SMILES string of the molecule is CCOC(=O)c1ccc(NC(=O)CSc2nnc(Cc3cc(=O)[nH]c(=O)[nH]3)n2-c2ccccc2)cc1. The molecule has 4 rings (SSSR count). The molecular formula is C24H22N6O5S. The summed E-state index contributed by atoms with van der Waals surface area (Å²) in [6, 6.07) is 17.0. The van der Waals surface area contributed by atoms with Gasteiger partial charge in [0.05, 0.1) is 17.9 Å². The summed E-state index contributed by atoms with van der Waals surface area (Å²) in [6.45, 7) is 2.01. The number of para-hydroxylation sites is 1. The maximum atomic E-state index is 12.6. The number of esters is 1. The second kappa shape index (κ2) is 11.3. The number of nitrogens with one attached hydrogen (secondary N) is 3. The number of amides is 1. The van der Waals surface area contributed by atoms with Gasteiger partial charge in [0.25, 0.3) is 5.56 Å². The molecule has 2 aromatic carbocycles. The van der Waals surface area contributed by atoms with E-state index >= 15 is 0 Å². The molecule has 0 atom stereocenters. The van der Waals surface area contributed by atoms with Crippen molar-refractivity contribution < 1.29 is 14.3 Å². The number of hydrogen-bond acceptors (Lipinski definition) is 8. The Hall–Kier alpha value is -4.45. The predicted octanol–water partition coefficient (Wildman–Crippen LogP) is 2.14. The van der Waals surface area contributed by atoms with Crippen LogP contribution in [0, 0.1) is 0 Å². The van der Waals surface area contributed by atoms with E-state index in [1.165, 1.54) is 17.8 Å². The lowest BCUT2D eigenvalue weighted by atomic mass is 10.2. The molecule has 36 heavy (non-hydrogen) atoms. The van der Waals surface area contributed by atoms with Crippen LogP contribution in [0.5, 0.6) is 0 Å². The first-order valence-corrected chi connectivity index (χ1v) is 11.9. The van der Waals surface area contributed by atoms with Gasteiger partial charge in [-0.2, -0.15) is 0 Å². The van der Waals surface area contributed by atoms with E-state index < -0.39 is 17.2 Å². The van der Waals surface area contributed by atoms with E-state index in [1.807, 2.05) is 30.3 Å². The number of nitrogens with zero attached hydrogens (tertiary/aromatic N) is 3. The topological polar surface area (TPSA) is 152 Å². The standard InChI is InChI=1S/C24H22N6O5S/c1-2-35-22(33)15-8-10-16(11-9-15)25-21(32)14-36-24-29-28-19(30(24)18-6-4-3-5-7-18)12-17-13-20(31)27-23(34)26-17/h3-11,13H,2,12,14H2,1H3,(H,25,32)(H2,26,27,31,34). The molecule has 184 valence electrons. The second-order valence-corrected chi connectivity index (χ2v) is 8.44. The fraction of sp³-hybridized carbons (Fsp3) is 0.167. The van der Waals surface area contributed by atoms with Crippen LogP contribution in [0.2, 0.25) is 0 Å². The molecule has 4 aromatic rings. The molecule has 1 amide bonds. The lowest BCUT2D eigenvalue weighted by Crippen LogP contribution is -2.23. The molecule has 0 unspecified atom stereocenters. The lowest BCUT2D eigenvalue weighted by molar-refractivity contribution is -0.113. The van der Waals surface area contributed by atoms with Gasteiger partial charge in [0.15, 0.2) is 5.16 Å². The third-order valence-corrected chi connectivity index (χ3v) is 5.82. The van der Waals surface area contributed by atoms with Gasteiger partial charge in [0.1, 0.15) is 5.82 Å². The quantitative estimate of drug-likeness (QED) is 0.231. The molecule has 0 aliphatic carbocycles. The minimum Gasteiger partial charge on any atom is -0.462 e. The number of carbonyl (C=O) groups excluding carboxylic acids is 2. The Kier molecular flexibility index (Phi) is 7.75. The smallest absolute Gasteiger partial charge is 0.338 e. The zero-order valence-electron chi connectivity index (χ0n) is 19.2. The van der Waals surface area contributed by atoms with Crippen LogP contribution in [0.15, 0.2) is 75.4 Å². The molecular weight excluding hydrogens is 484 g/mol. The van der Waals surface area contributed by atoms with Crippen LogP contribution in [0.4, 0.5) is 5.69 Å². The third kappa shape index (κ3) is 6.16. The second-order valence-electron chi connectivity index (χ2n) is 7.49. The molecule has 2 heterocycles. The summed E-state index contributed by atoms with van der Waals surface area (Å²) >= 11 is 1.18. The van der Waals surface area contributed by atoms with Gasteiger partial charge in [-0.3, -0.25) is 19.1 Å². The Morgan fingerprint density at radius 2 is 1.78 bits per heavy atom. The van der Waals surface area contributed by atoms with Gasteiger partial charge in [-0.1, -0.05) is 30.0 Å². The number of carbonyl (C=O) groups is 2. The average Bonchev–Trinajstić information content (AvgIpc) is 3.25. The van der Waals surface area contributed by atoms with E-state index in [1.54, 1.807) is 35.8 Å². The van der Waals surface area contributed by atoms with Crippen molar-refractivity contribution >= 4 is 29.3 Å². The Bertz CT molecular complexity index is 1450. The predicted molar refractivity (Wildman–Crippen MR) is 134 cm³/mol. The van der Waals surface area contributed by atoms with Crippen LogP contribution in [-0.4, -0.2) is 49.0 Å². The first kappa shape index (κ1) is 24.7. The highest BCUT2D eigenvalue weighted by molar-refractivity contribution is 7.99. The fourth-order valence-electron chi connectivity index (χ4n) is 3.36. The number of aromatic amines is 2. The molecule has 12 heteroatoms. The molecule has 2 aromatic heterocycles. The number of anilines is 1. The van der Waals surface area contributed by atoms with Gasteiger partial charge in [0, 0.05) is 29.6 Å². The van der Waals surface area contributed by atoms with Crippen molar-refractivity contribution in [2.75, 3.05) is 17.7 Å². The molecule has 0 saturated heterocycles. The zero-order chi connectivity index (χ0) is 25.5. The van der Waals surface area contributed by atoms with E-state index in [2.05, 4.69) is 25.5 Å². The molecule has 0 saturated carbocycles. The molecule has 0 spiro atoms. The van der Waals surface area contributed by atoms with E-state index in [0.717, 1.165) is 5.69 Å². The Labute approximate surface area is 208 Å². The average molecular weight is 507 g/mol. The van der Waals surface area contributed by atoms with Crippen molar-refractivity contribution in [2.24, 2.45) is 0 Å². The summed E-state index contributed by atoms with van der Waals surface area (Å²) < 4.78 is 6.73. The van der Waals surface area contributed by atoms with Crippen LogP contribution in [0.1, 0.15) is 28.8 Å². The van der Waals surface area contributed by atoms with Crippen molar-refractivity contribution in [1.29, 1.82) is 0 Å². The fourth-order valence-corrected chi connectivity index (χ4v) is 4.13. The lowest BCUT2D eigenvalue weighted by Gasteiger charge is -2.10. The third-order valence-electron chi connectivity index (χ3n) is 4.89. The van der Waals surface area contributed by atoms with Crippen LogP contribution < -0.4 is 16.6 Å². The van der Waals surface area contributed by atoms with Gasteiger partial charge in [-0.05, 0) is 43.3 Å². The van der Waals surface area contributed by atoms with E-state index in [-0.39, 0.29) is 24.7 Å². The highest BCUT2D eigenvalue weighted by Crippen LogP contribution is 2.23. The minimum atomic E-state index is -0.607. The van der Waals surface area contributed by atoms with Crippen molar-refractivity contribution in [1.82, 2.24) is 24.7 Å². The molecule has 0 radical (unpaired) electrons. The highest BCUT2D eigenvalue weighted by atomic mass is 32.2. The van der Waals surface area contributed by atoms with Crippen LogP contribution >= 0.6 is 11.8 Å².